The molecular weight excluding hydrogens is 454 g/mol. The highest BCUT2D eigenvalue weighted by Gasteiger charge is 2.02. The van der Waals surface area contributed by atoms with Crippen molar-refractivity contribution in [3.63, 3.8) is 0 Å². The molecule has 2 aromatic rings. The molecule has 0 aromatic heterocycles. The van der Waals surface area contributed by atoms with Crippen molar-refractivity contribution in [2.75, 3.05) is 26.0 Å². The van der Waals surface area contributed by atoms with Crippen LogP contribution in [0.3, 0.4) is 0 Å². The van der Waals surface area contributed by atoms with Gasteiger partial charge in [0, 0.05) is 36.3 Å². The molecule has 0 bridgehead atoms. The third-order valence-corrected chi connectivity index (χ3v) is 4.90. The molecule has 0 heterocycles. The van der Waals surface area contributed by atoms with E-state index in [1.807, 2.05) is 26.0 Å². The largest absolute Gasteiger partial charge is 0.497 e. The zero-order valence-electron chi connectivity index (χ0n) is 25.5. The summed E-state index contributed by atoms with van der Waals surface area (Å²) in [5.41, 5.74) is 7.81. The van der Waals surface area contributed by atoms with Crippen molar-refractivity contribution in [3.05, 3.63) is 95.2 Å². The standard InChI is InChI=1S/C16H20N2.C9H12O.C6H15N.C2H6/c1-6-14(11-17-5)15(7-2)18-16-10-12(3)8-9-13(16)4;1-7-4-8(2)6-9(5-7)10-3;1-4-5-7-6(2)3;1-2/h6-11,18H,1-2H2,3-5H3;4-6H,1-3H3;6-7H,4-5H2,1-3H3;1-2H3/b15-14-,17-11?;;;. The summed E-state index contributed by atoms with van der Waals surface area (Å²) in [5, 5.41) is 6.67. The average molecular weight is 508 g/mol. The van der Waals surface area contributed by atoms with Crippen molar-refractivity contribution in [1.82, 2.24) is 5.32 Å². The van der Waals surface area contributed by atoms with Gasteiger partial charge in [-0.25, -0.2) is 0 Å². The zero-order valence-corrected chi connectivity index (χ0v) is 25.5. The highest BCUT2D eigenvalue weighted by molar-refractivity contribution is 5.85. The number of allylic oxidation sites excluding steroid dienone is 3. The first kappa shape index (κ1) is 36.0. The van der Waals surface area contributed by atoms with Crippen LogP contribution in [-0.4, -0.2) is 33.0 Å². The summed E-state index contributed by atoms with van der Waals surface area (Å²) < 4.78 is 5.08. The lowest BCUT2D eigenvalue weighted by Crippen LogP contribution is -2.22. The molecule has 0 fully saturated rings. The van der Waals surface area contributed by atoms with Crippen LogP contribution in [0.5, 0.6) is 5.75 Å². The first-order chi connectivity index (χ1) is 17.6. The molecule has 2 rings (SSSR count). The Morgan fingerprint density at radius 1 is 0.946 bits per heavy atom. The molecule has 37 heavy (non-hydrogen) atoms. The van der Waals surface area contributed by atoms with Crippen LogP contribution in [0.4, 0.5) is 5.69 Å². The average Bonchev–Trinajstić information content (AvgIpc) is 2.88. The van der Waals surface area contributed by atoms with Gasteiger partial charge in [0.1, 0.15) is 5.75 Å². The van der Waals surface area contributed by atoms with Crippen LogP contribution in [0.25, 0.3) is 0 Å². The molecule has 206 valence electrons. The highest BCUT2D eigenvalue weighted by atomic mass is 16.5. The van der Waals surface area contributed by atoms with E-state index in [9.17, 15) is 0 Å². The summed E-state index contributed by atoms with van der Waals surface area (Å²) in [6.45, 7) is 27.6. The van der Waals surface area contributed by atoms with E-state index < -0.39 is 0 Å². The Morgan fingerprint density at radius 3 is 1.95 bits per heavy atom. The number of ether oxygens (including phenoxy) is 1. The minimum Gasteiger partial charge on any atom is -0.497 e. The fourth-order valence-corrected chi connectivity index (χ4v) is 3.11. The van der Waals surface area contributed by atoms with E-state index in [4.69, 9.17) is 4.74 Å². The molecule has 2 aromatic carbocycles. The SMILES string of the molecule is C=C/C(C=NC)=C(\C=C)Nc1cc(C)ccc1C.CC.CCCNC(C)C.COc1cc(C)cc(C)c1. The van der Waals surface area contributed by atoms with Crippen molar-refractivity contribution in [2.45, 2.75) is 74.8 Å². The van der Waals surface area contributed by atoms with E-state index >= 15 is 0 Å². The molecule has 0 radical (unpaired) electrons. The Hall–Kier alpha value is -3.11. The van der Waals surface area contributed by atoms with Crippen molar-refractivity contribution in [1.29, 1.82) is 0 Å². The van der Waals surface area contributed by atoms with Gasteiger partial charge in [-0.1, -0.05) is 72.1 Å². The zero-order chi connectivity index (χ0) is 28.8. The second-order valence-electron chi connectivity index (χ2n) is 8.74. The molecule has 0 unspecified atom stereocenters. The maximum Gasteiger partial charge on any atom is 0.119 e. The number of nitrogens with zero attached hydrogens (tertiary/aromatic N) is 1. The van der Waals surface area contributed by atoms with Crippen molar-refractivity contribution in [2.24, 2.45) is 4.99 Å². The van der Waals surface area contributed by atoms with Crippen LogP contribution in [0.15, 0.2) is 78.0 Å². The molecule has 4 heteroatoms. The van der Waals surface area contributed by atoms with Gasteiger partial charge in [0.15, 0.2) is 0 Å². The van der Waals surface area contributed by atoms with Gasteiger partial charge in [-0.3, -0.25) is 4.99 Å². The maximum atomic E-state index is 5.08. The summed E-state index contributed by atoms with van der Waals surface area (Å²) in [6.07, 6.45) is 6.54. The molecule has 0 amide bonds. The Kier molecular flexibility index (Phi) is 21.5. The molecule has 2 N–H and O–H groups in total. The van der Waals surface area contributed by atoms with E-state index in [0.29, 0.717) is 6.04 Å². The third kappa shape index (κ3) is 17.1. The topological polar surface area (TPSA) is 45.7 Å². The number of benzene rings is 2. The van der Waals surface area contributed by atoms with Crippen molar-refractivity contribution in [3.8, 4) is 5.75 Å². The Bertz CT molecular complexity index is 951. The van der Waals surface area contributed by atoms with E-state index in [2.05, 4.69) is 102 Å². The number of aryl methyl sites for hydroxylation is 4. The Morgan fingerprint density at radius 2 is 1.54 bits per heavy atom. The van der Waals surface area contributed by atoms with Gasteiger partial charge < -0.3 is 15.4 Å². The molecule has 0 aliphatic heterocycles. The van der Waals surface area contributed by atoms with Crippen LogP contribution < -0.4 is 15.4 Å². The first-order valence-electron chi connectivity index (χ1n) is 13.2. The van der Waals surface area contributed by atoms with Crippen molar-refractivity contribution < 1.29 is 4.74 Å². The van der Waals surface area contributed by atoms with Gasteiger partial charge in [0.05, 0.1) is 7.11 Å². The summed E-state index contributed by atoms with van der Waals surface area (Å²) in [5.74, 6) is 0.942. The monoisotopic (exact) mass is 507 g/mol. The van der Waals surface area contributed by atoms with Crippen LogP contribution in [-0.2, 0) is 0 Å². The van der Waals surface area contributed by atoms with Gasteiger partial charge in [-0.05, 0) is 87.2 Å². The first-order valence-corrected chi connectivity index (χ1v) is 13.2. The summed E-state index contributed by atoms with van der Waals surface area (Å²) in [7, 11) is 3.43. The second-order valence-corrected chi connectivity index (χ2v) is 8.74. The molecule has 0 aliphatic rings. The van der Waals surface area contributed by atoms with E-state index in [1.54, 1.807) is 32.5 Å². The summed E-state index contributed by atoms with van der Waals surface area (Å²) in [6, 6.07) is 13.1. The molecule has 4 nitrogen and oxygen atoms in total. The Balaban J connectivity index is 0. The van der Waals surface area contributed by atoms with E-state index in [1.165, 1.54) is 28.7 Å². The smallest absolute Gasteiger partial charge is 0.119 e. The number of rotatable bonds is 9. The van der Waals surface area contributed by atoms with Crippen LogP contribution in [0, 0.1) is 27.7 Å². The van der Waals surface area contributed by atoms with Gasteiger partial charge >= 0.3 is 0 Å². The fraction of sp³-hybridized carbons (Fsp3) is 0.424. The lowest BCUT2D eigenvalue weighted by molar-refractivity contribution is 0.414. The van der Waals surface area contributed by atoms with Crippen LogP contribution in [0.1, 0.15) is 63.3 Å². The number of aliphatic imine (C=N–C) groups is 1. The van der Waals surface area contributed by atoms with Crippen molar-refractivity contribution >= 4 is 11.9 Å². The van der Waals surface area contributed by atoms with Gasteiger partial charge in [0.25, 0.3) is 0 Å². The fourth-order valence-electron chi connectivity index (χ4n) is 3.11. The van der Waals surface area contributed by atoms with Gasteiger partial charge in [-0.15, -0.1) is 0 Å². The summed E-state index contributed by atoms with van der Waals surface area (Å²) in [4.78, 5) is 4.02. The highest BCUT2D eigenvalue weighted by Crippen LogP contribution is 2.20. The lowest BCUT2D eigenvalue weighted by Gasteiger charge is -2.13. The maximum absolute atomic E-state index is 5.08. The number of methoxy groups -OCH3 is 1. The normalized spacial score (nSPS) is 10.6. The predicted molar refractivity (Wildman–Crippen MR) is 169 cm³/mol. The van der Waals surface area contributed by atoms with E-state index in [-0.39, 0.29) is 0 Å². The van der Waals surface area contributed by atoms with Gasteiger partial charge in [0.2, 0.25) is 0 Å². The number of hydrogen-bond acceptors (Lipinski definition) is 4. The number of hydrogen-bond donors (Lipinski definition) is 2. The Labute approximate surface area is 228 Å². The third-order valence-electron chi connectivity index (χ3n) is 4.90. The lowest BCUT2D eigenvalue weighted by atomic mass is 10.1. The number of anilines is 1. The number of nitrogens with one attached hydrogen (secondary N) is 2. The molecule has 0 atom stereocenters. The molecule has 0 saturated heterocycles. The second kappa shape index (κ2) is 22.1. The van der Waals surface area contributed by atoms with Crippen LogP contribution in [0.2, 0.25) is 0 Å². The molecule has 0 aliphatic carbocycles. The summed E-state index contributed by atoms with van der Waals surface area (Å²) >= 11 is 0. The van der Waals surface area contributed by atoms with Crippen LogP contribution >= 0.6 is 0 Å². The van der Waals surface area contributed by atoms with E-state index in [0.717, 1.165) is 29.3 Å². The molecule has 0 spiro atoms. The quantitative estimate of drug-likeness (QED) is 0.263. The minimum absolute atomic E-state index is 0.653. The minimum atomic E-state index is 0.653. The predicted octanol–water partition coefficient (Wildman–Crippen LogP) is 8.77. The molecule has 0 saturated carbocycles. The van der Waals surface area contributed by atoms with Gasteiger partial charge in [-0.2, -0.15) is 0 Å². The molecular formula is C33H53N3O.